The number of aromatic carboxylic acids is 1. The summed E-state index contributed by atoms with van der Waals surface area (Å²) in [4.78, 5) is 18.6. The Morgan fingerprint density at radius 3 is 2.75 bits per heavy atom. The fourth-order valence-electron chi connectivity index (χ4n) is 1.82. The van der Waals surface area contributed by atoms with E-state index in [4.69, 9.17) is 16.7 Å². The van der Waals surface area contributed by atoms with Crippen molar-refractivity contribution in [3.8, 4) is 0 Å². The van der Waals surface area contributed by atoms with E-state index in [-0.39, 0.29) is 5.56 Å². The Balaban J connectivity index is 2.26. The van der Waals surface area contributed by atoms with Gasteiger partial charge in [-0.05, 0) is 30.7 Å². The molecule has 0 bridgehead atoms. The van der Waals surface area contributed by atoms with Crippen molar-refractivity contribution in [3.63, 3.8) is 0 Å². The summed E-state index contributed by atoms with van der Waals surface area (Å²) in [5, 5.41) is 9.14. The van der Waals surface area contributed by atoms with Gasteiger partial charge in [0.1, 0.15) is 5.82 Å². The van der Waals surface area contributed by atoms with Crippen LogP contribution in [0.5, 0.6) is 0 Å². The van der Waals surface area contributed by atoms with Crippen molar-refractivity contribution in [3.05, 3.63) is 44.7 Å². The lowest BCUT2D eigenvalue weighted by Crippen LogP contribution is -2.18. The first-order valence-corrected chi connectivity index (χ1v) is 7.38. The molecule has 0 aliphatic rings. The van der Waals surface area contributed by atoms with Gasteiger partial charge < -0.3 is 10.0 Å². The monoisotopic (exact) mass is 310 g/mol. The number of anilines is 1. The highest BCUT2D eigenvalue weighted by Crippen LogP contribution is 2.24. The number of halogens is 1. The average Bonchev–Trinajstić information content (AvgIpc) is 2.83. The first kappa shape index (κ1) is 14.8. The lowest BCUT2D eigenvalue weighted by Gasteiger charge is -2.18. The summed E-state index contributed by atoms with van der Waals surface area (Å²) in [6.07, 6.45) is 0.701. The third-order valence-electron chi connectivity index (χ3n) is 2.89. The lowest BCUT2D eigenvalue weighted by atomic mass is 10.2. The van der Waals surface area contributed by atoms with Crippen LogP contribution in [0.15, 0.2) is 24.3 Å². The van der Waals surface area contributed by atoms with Gasteiger partial charge in [0.15, 0.2) is 0 Å². The van der Waals surface area contributed by atoms with Gasteiger partial charge in [0.25, 0.3) is 0 Å². The molecule has 0 atom stereocenters. The Kier molecular flexibility index (Phi) is 4.62. The van der Waals surface area contributed by atoms with Crippen LogP contribution in [0.25, 0.3) is 0 Å². The smallest absolute Gasteiger partial charge is 0.335 e. The number of hydrogen-bond acceptors (Lipinski definition) is 4. The minimum Gasteiger partial charge on any atom is -0.478 e. The van der Waals surface area contributed by atoms with Crippen molar-refractivity contribution in [1.82, 2.24) is 4.98 Å². The highest BCUT2D eigenvalue weighted by atomic mass is 35.5. The second-order valence-electron chi connectivity index (χ2n) is 4.43. The van der Waals surface area contributed by atoms with Crippen LogP contribution in [-0.4, -0.2) is 23.1 Å². The molecule has 1 N–H and O–H groups in total. The molecular formula is C14H15ClN2O2S. The van der Waals surface area contributed by atoms with Crippen molar-refractivity contribution >= 4 is 34.7 Å². The highest BCUT2D eigenvalue weighted by molar-refractivity contribution is 7.16. The summed E-state index contributed by atoms with van der Waals surface area (Å²) in [6, 6.07) is 7.03. The maximum Gasteiger partial charge on any atom is 0.335 e. The number of nitrogens with zero attached hydrogens (tertiary/aromatic N) is 2. The second-order valence-corrected chi connectivity index (χ2v) is 6.23. The van der Waals surface area contributed by atoms with E-state index in [1.165, 1.54) is 11.3 Å². The molecule has 2 rings (SSSR count). The molecule has 0 spiro atoms. The SMILES string of the molecule is CCc1cc(C(=O)O)cc(N(C)Cc2ccc(Cl)s2)n1. The molecule has 4 nitrogen and oxygen atoms in total. The predicted octanol–water partition coefficient (Wildman–Crippen LogP) is 3.69. The van der Waals surface area contributed by atoms with Crippen LogP contribution in [0, 0.1) is 0 Å². The van der Waals surface area contributed by atoms with E-state index in [0.717, 1.165) is 14.9 Å². The zero-order valence-electron chi connectivity index (χ0n) is 11.3. The first-order valence-electron chi connectivity index (χ1n) is 6.19. The predicted molar refractivity (Wildman–Crippen MR) is 82.0 cm³/mol. The fourth-order valence-corrected chi connectivity index (χ4v) is 2.96. The van der Waals surface area contributed by atoms with Gasteiger partial charge in [-0.1, -0.05) is 18.5 Å². The van der Waals surface area contributed by atoms with Gasteiger partial charge in [-0.2, -0.15) is 0 Å². The second kappa shape index (κ2) is 6.24. The van der Waals surface area contributed by atoms with Crippen LogP contribution >= 0.6 is 22.9 Å². The van der Waals surface area contributed by atoms with Crippen LogP contribution < -0.4 is 4.90 Å². The zero-order valence-corrected chi connectivity index (χ0v) is 12.8. The summed E-state index contributed by atoms with van der Waals surface area (Å²) in [6.45, 7) is 2.60. The number of rotatable bonds is 5. The van der Waals surface area contributed by atoms with Gasteiger partial charge >= 0.3 is 5.97 Å². The van der Waals surface area contributed by atoms with Gasteiger partial charge in [0.2, 0.25) is 0 Å². The topological polar surface area (TPSA) is 53.4 Å². The molecule has 0 aliphatic heterocycles. The van der Waals surface area contributed by atoms with E-state index in [9.17, 15) is 4.79 Å². The third kappa shape index (κ3) is 3.49. The first-order chi connectivity index (χ1) is 9.49. The highest BCUT2D eigenvalue weighted by Gasteiger charge is 2.11. The zero-order chi connectivity index (χ0) is 14.7. The van der Waals surface area contributed by atoms with E-state index in [0.29, 0.717) is 18.8 Å². The third-order valence-corrected chi connectivity index (χ3v) is 4.10. The largest absolute Gasteiger partial charge is 0.478 e. The molecule has 0 amide bonds. The van der Waals surface area contributed by atoms with E-state index >= 15 is 0 Å². The van der Waals surface area contributed by atoms with E-state index in [1.54, 1.807) is 12.1 Å². The Bertz CT molecular complexity index is 627. The van der Waals surface area contributed by atoms with Crippen LogP contribution in [-0.2, 0) is 13.0 Å². The van der Waals surface area contributed by atoms with Crippen molar-refractivity contribution in [2.75, 3.05) is 11.9 Å². The van der Waals surface area contributed by atoms with E-state index in [1.807, 2.05) is 31.0 Å². The quantitative estimate of drug-likeness (QED) is 0.915. The van der Waals surface area contributed by atoms with Crippen molar-refractivity contribution < 1.29 is 9.90 Å². The summed E-state index contributed by atoms with van der Waals surface area (Å²) >= 11 is 7.42. The molecule has 0 aromatic carbocycles. The number of hydrogen-bond donors (Lipinski definition) is 1. The van der Waals surface area contributed by atoms with Crippen LogP contribution in [0.2, 0.25) is 4.34 Å². The van der Waals surface area contributed by atoms with Crippen LogP contribution in [0.3, 0.4) is 0 Å². The summed E-state index contributed by atoms with van der Waals surface area (Å²) in [7, 11) is 1.89. The molecule has 2 aromatic rings. The van der Waals surface area contributed by atoms with Crippen molar-refractivity contribution in [1.29, 1.82) is 0 Å². The number of aromatic nitrogens is 1. The molecular weight excluding hydrogens is 296 g/mol. The Morgan fingerprint density at radius 2 is 2.20 bits per heavy atom. The van der Waals surface area contributed by atoms with Gasteiger partial charge in [0, 0.05) is 17.6 Å². The average molecular weight is 311 g/mol. The van der Waals surface area contributed by atoms with Crippen molar-refractivity contribution in [2.24, 2.45) is 0 Å². The Labute approximate surface area is 126 Å². The number of aryl methyl sites for hydroxylation is 1. The molecule has 106 valence electrons. The molecule has 0 saturated heterocycles. The maximum atomic E-state index is 11.1. The van der Waals surface area contributed by atoms with E-state index in [2.05, 4.69) is 4.98 Å². The number of pyridine rings is 1. The lowest BCUT2D eigenvalue weighted by molar-refractivity contribution is 0.0696. The number of carbonyl (C=O) groups is 1. The normalized spacial score (nSPS) is 10.6. The fraction of sp³-hybridized carbons (Fsp3) is 0.286. The number of carboxylic acids is 1. The Hall–Kier alpha value is -1.59. The molecule has 6 heteroatoms. The summed E-state index contributed by atoms with van der Waals surface area (Å²) in [5.41, 5.74) is 1.04. The molecule has 0 unspecified atom stereocenters. The molecule has 20 heavy (non-hydrogen) atoms. The number of carboxylic acid groups (broad SMARTS) is 1. The molecule has 0 radical (unpaired) electrons. The number of thiophene rings is 1. The molecule has 2 heterocycles. The maximum absolute atomic E-state index is 11.1. The van der Waals surface area contributed by atoms with Gasteiger partial charge in [-0.15, -0.1) is 11.3 Å². The van der Waals surface area contributed by atoms with Gasteiger partial charge in [-0.25, -0.2) is 9.78 Å². The van der Waals surface area contributed by atoms with Crippen LogP contribution in [0.1, 0.15) is 27.9 Å². The van der Waals surface area contributed by atoms with E-state index < -0.39 is 5.97 Å². The summed E-state index contributed by atoms with van der Waals surface area (Å²) in [5.74, 6) is -0.276. The van der Waals surface area contributed by atoms with Gasteiger partial charge in [-0.3, -0.25) is 0 Å². The molecule has 2 aromatic heterocycles. The minimum atomic E-state index is -0.934. The van der Waals surface area contributed by atoms with Crippen LogP contribution in [0.4, 0.5) is 5.82 Å². The van der Waals surface area contributed by atoms with Gasteiger partial charge in [0.05, 0.1) is 16.4 Å². The Morgan fingerprint density at radius 1 is 1.45 bits per heavy atom. The molecule has 0 saturated carbocycles. The van der Waals surface area contributed by atoms with Crippen molar-refractivity contribution in [2.45, 2.75) is 19.9 Å². The minimum absolute atomic E-state index is 0.267. The molecule has 0 aliphatic carbocycles. The standard InChI is InChI=1S/C14H15ClN2O2S/c1-3-10-6-9(14(18)19)7-13(16-10)17(2)8-11-4-5-12(15)20-11/h4-7H,3,8H2,1-2H3,(H,18,19). The molecule has 0 fully saturated rings. The summed E-state index contributed by atoms with van der Waals surface area (Å²) < 4.78 is 0.745.